The molecule has 0 radical (unpaired) electrons. The van der Waals surface area contributed by atoms with Gasteiger partial charge in [-0.15, -0.1) is 5.10 Å². The van der Waals surface area contributed by atoms with Gasteiger partial charge in [-0.05, 0) is 56.2 Å². The van der Waals surface area contributed by atoms with Crippen molar-refractivity contribution in [1.29, 1.82) is 0 Å². The number of rotatable bonds is 9. The Labute approximate surface area is 207 Å². The van der Waals surface area contributed by atoms with E-state index in [1.807, 2.05) is 19.9 Å². The van der Waals surface area contributed by atoms with Gasteiger partial charge in [0.15, 0.2) is 5.82 Å². The predicted molar refractivity (Wildman–Crippen MR) is 131 cm³/mol. The molecule has 33 heavy (non-hydrogen) atoms. The lowest BCUT2D eigenvalue weighted by molar-refractivity contribution is -0.121. The van der Waals surface area contributed by atoms with Crippen molar-refractivity contribution in [2.75, 3.05) is 13.7 Å². The molecule has 1 N–H and O–H groups in total. The monoisotopic (exact) mass is 510 g/mol. The zero-order chi connectivity index (χ0) is 24.2. The first-order valence-corrected chi connectivity index (χ1v) is 11.4. The van der Waals surface area contributed by atoms with Crippen LogP contribution in [0.2, 0.25) is 15.1 Å². The maximum atomic E-state index is 13.1. The second-order valence-corrected chi connectivity index (χ2v) is 9.36. The third kappa shape index (κ3) is 6.38. The highest BCUT2D eigenvalue weighted by atomic mass is 35.5. The largest absolute Gasteiger partial charge is 0.377 e. The van der Waals surface area contributed by atoms with Crippen molar-refractivity contribution < 1.29 is 9.53 Å². The lowest BCUT2D eigenvalue weighted by atomic mass is 10.1. The number of halogens is 3. The molecule has 0 spiro atoms. The van der Waals surface area contributed by atoms with Crippen LogP contribution in [0.4, 0.5) is 0 Å². The van der Waals surface area contributed by atoms with Crippen molar-refractivity contribution in [3.63, 3.8) is 0 Å². The predicted octanol–water partition coefficient (Wildman–Crippen LogP) is 4.46. The lowest BCUT2D eigenvalue weighted by Gasteiger charge is -2.23. The van der Waals surface area contributed by atoms with E-state index >= 15 is 0 Å². The molecular weight excluding hydrogens is 487 g/mol. The topological polar surface area (TPSA) is 78.2 Å². The Morgan fingerprint density at radius 2 is 1.82 bits per heavy atom. The molecule has 10 heteroatoms. The number of ether oxygens (including phenoxy) is 1. The van der Waals surface area contributed by atoms with Crippen LogP contribution in [0.25, 0.3) is 11.4 Å². The van der Waals surface area contributed by atoms with Crippen molar-refractivity contribution in [3.8, 4) is 11.4 Å². The van der Waals surface area contributed by atoms with Crippen LogP contribution >= 0.6 is 34.8 Å². The Hall–Kier alpha value is -2.32. The average molecular weight is 512 g/mol. The number of nitrogens with zero attached hydrogens (tertiary/aromatic N) is 3. The number of methoxy groups -OCH3 is 1. The molecule has 0 aliphatic carbocycles. The summed E-state index contributed by atoms with van der Waals surface area (Å²) in [4.78, 5) is 25.6. The van der Waals surface area contributed by atoms with Gasteiger partial charge < -0.3 is 10.1 Å². The first-order valence-electron chi connectivity index (χ1n) is 10.3. The standard InChI is InChI=1S/C23H25Cl3N4O3/c1-23(2,33-3)14-29-21(16-7-9-17(24)10-8-16)28-30(22(29)32)13-19(31)27-12-11-15-5-4-6-18(25)20(15)26/h4-10H,11-14H2,1-3H3,(H,27,31). The van der Waals surface area contributed by atoms with Gasteiger partial charge in [-0.3, -0.25) is 9.36 Å². The molecule has 0 bridgehead atoms. The van der Waals surface area contributed by atoms with Crippen molar-refractivity contribution in [2.45, 2.75) is 39.0 Å². The maximum absolute atomic E-state index is 13.1. The van der Waals surface area contributed by atoms with Crippen LogP contribution in [-0.4, -0.2) is 39.5 Å². The van der Waals surface area contributed by atoms with Gasteiger partial charge in [0.05, 0.1) is 22.2 Å². The van der Waals surface area contributed by atoms with Gasteiger partial charge in [-0.2, -0.15) is 0 Å². The quantitative estimate of drug-likeness (QED) is 0.460. The minimum Gasteiger partial charge on any atom is -0.377 e. The van der Waals surface area contributed by atoms with Gasteiger partial charge in [0.25, 0.3) is 0 Å². The van der Waals surface area contributed by atoms with E-state index in [1.165, 1.54) is 4.57 Å². The van der Waals surface area contributed by atoms with Crippen LogP contribution in [0.15, 0.2) is 47.3 Å². The summed E-state index contributed by atoms with van der Waals surface area (Å²) >= 11 is 18.2. The zero-order valence-electron chi connectivity index (χ0n) is 18.6. The molecule has 0 aliphatic rings. The smallest absolute Gasteiger partial charge is 0.346 e. The third-order valence-electron chi connectivity index (χ3n) is 5.16. The maximum Gasteiger partial charge on any atom is 0.346 e. The summed E-state index contributed by atoms with van der Waals surface area (Å²) in [5.74, 6) is 0.0915. The number of aromatic nitrogens is 3. The van der Waals surface area contributed by atoms with Crippen LogP contribution in [0.5, 0.6) is 0 Å². The van der Waals surface area contributed by atoms with E-state index in [9.17, 15) is 9.59 Å². The number of amides is 1. The summed E-state index contributed by atoms with van der Waals surface area (Å²) < 4.78 is 8.15. The fourth-order valence-corrected chi connectivity index (χ4v) is 3.76. The molecule has 0 aliphatic heterocycles. The molecule has 1 aromatic heterocycles. The molecule has 0 saturated carbocycles. The van der Waals surface area contributed by atoms with E-state index in [0.29, 0.717) is 39.4 Å². The summed E-state index contributed by atoms with van der Waals surface area (Å²) in [7, 11) is 1.58. The minimum atomic E-state index is -0.614. The normalized spacial score (nSPS) is 11.6. The highest BCUT2D eigenvalue weighted by molar-refractivity contribution is 6.42. The summed E-state index contributed by atoms with van der Waals surface area (Å²) in [5.41, 5.74) is 0.520. The molecule has 176 valence electrons. The third-order valence-corrected chi connectivity index (χ3v) is 6.27. The van der Waals surface area contributed by atoms with Gasteiger partial charge in [0, 0.05) is 24.2 Å². The Bertz CT molecular complexity index is 1190. The molecule has 7 nitrogen and oxygen atoms in total. The Kier molecular flexibility index (Phi) is 8.23. The van der Waals surface area contributed by atoms with Crippen LogP contribution in [0.3, 0.4) is 0 Å². The zero-order valence-corrected chi connectivity index (χ0v) is 20.8. The molecule has 0 saturated heterocycles. The Morgan fingerprint density at radius 1 is 1.12 bits per heavy atom. The van der Waals surface area contributed by atoms with Crippen molar-refractivity contribution in [2.24, 2.45) is 0 Å². The molecule has 2 aromatic carbocycles. The molecule has 0 fully saturated rings. The fraction of sp³-hybridized carbons (Fsp3) is 0.348. The number of carbonyl (C=O) groups is 1. The van der Waals surface area contributed by atoms with Gasteiger partial charge in [-0.25, -0.2) is 9.48 Å². The van der Waals surface area contributed by atoms with Crippen LogP contribution in [0, 0.1) is 0 Å². The van der Waals surface area contributed by atoms with Crippen LogP contribution in [-0.2, 0) is 29.0 Å². The fourth-order valence-electron chi connectivity index (χ4n) is 3.21. The van der Waals surface area contributed by atoms with E-state index < -0.39 is 11.3 Å². The molecule has 3 rings (SSSR count). The summed E-state index contributed by atoms with van der Waals surface area (Å²) in [5, 5.41) is 8.73. The minimum absolute atomic E-state index is 0.219. The number of hydrogen-bond donors (Lipinski definition) is 1. The van der Waals surface area contributed by atoms with Gasteiger partial charge in [0.1, 0.15) is 6.54 Å². The van der Waals surface area contributed by atoms with Gasteiger partial charge in [0.2, 0.25) is 5.91 Å². The molecular formula is C23H25Cl3N4O3. The lowest BCUT2D eigenvalue weighted by Crippen LogP contribution is -2.38. The van der Waals surface area contributed by atoms with Crippen molar-refractivity contribution >= 4 is 40.7 Å². The highest BCUT2D eigenvalue weighted by Gasteiger charge is 2.24. The summed E-state index contributed by atoms with van der Waals surface area (Å²) in [6, 6.07) is 12.4. The Morgan fingerprint density at radius 3 is 2.48 bits per heavy atom. The molecule has 3 aromatic rings. The van der Waals surface area contributed by atoms with Gasteiger partial charge >= 0.3 is 5.69 Å². The van der Waals surface area contributed by atoms with Crippen LogP contribution in [0.1, 0.15) is 19.4 Å². The summed E-state index contributed by atoms with van der Waals surface area (Å²) in [6.45, 7) is 4.12. The van der Waals surface area contributed by atoms with Crippen molar-refractivity contribution in [1.82, 2.24) is 19.7 Å². The SMILES string of the molecule is COC(C)(C)Cn1c(-c2ccc(Cl)cc2)nn(CC(=O)NCCc2cccc(Cl)c2Cl)c1=O. The number of hydrogen-bond acceptors (Lipinski definition) is 4. The van der Waals surface area contributed by atoms with E-state index in [0.717, 1.165) is 10.2 Å². The molecule has 0 atom stereocenters. The molecule has 1 amide bonds. The molecule has 1 heterocycles. The Balaban J connectivity index is 1.78. The second-order valence-electron chi connectivity index (χ2n) is 8.13. The number of nitrogens with one attached hydrogen (secondary N) is 1. The number of benzene rings is 2. The molecule has 0 unspecified atom stereocenters. The van der Waals surface area contributed by atoms with Crippen LogP contribution < -0.4 is 11.0 Å². The van der Waals surface area contributed by atoms with E-state index in [-0.39, 0.29) is 19.0 Å². The van der Waals surface area contributed by atoms with Crippen molar-refractivity contribution in [3.05, 3.63) is 73.6 Å². The number of carbonyl (C=O) groups excluding carboxylic acids is 1. The average Bonchev–Trinajstić information content (AvgIpc) is 3.06. The second kappa shape index (κ2) is 10.7. The first-order chi connectivity index (χ1) is 15.6. The van der Waals surface area contributed by atoms with Gasteiger partial charge in [-0.1, -0.05) is 46.9 Å². The van der Waals surface area contributed by atoms with E-state index in [4.69, 9.17) is 39.5 Å². The first kappa shape index (κ1) is 25.3. The highest BCUT2D eigenvalue weighted by Crippen LogP contribution is 2.25. The summed E-state index contributed by atoms with van der Waals surface area (Å²) in [6.07, 6.45) is 0.506. The van der Waals surface area contributed by atoms with E-state index in [1.54, 1.807) is 43.5 Å². The van der Waals surface area contributed by atoms with E-state index in [2.05, 4.69) is 10.4 Å².